The fourth-order valence-electron chi connectivity index (χ4n) is 1.71. The Balaban J connectivity index is 2.81. The van der Waals surface area contributed by atoms with Crippen molar-refractivity contribution in [3.05, 3.63) is 30.1 Å². The van der Waals surface area contributed by atoms with Gasteiger partial charge < -0.3 is 10.8 Å². The van der Waals surface area contributed by atoms with Crippen molar-refractivity contribution in [3.63, 3.8) is 0 Å². The van der Waals surface area contributed by atoms with Crippen LogP contribution in [0.3, 0.4) is 0 Å². The molecule has 0 amide bonds. The molecule has 0 aliphatic rings. The van der Waals surface area contributed by atoms with Crippen LogP contribution in [0.5, 0.6) is 0 Å². The second kappa shape index (κ2) is 7.26. The monoisotopic (exact) mass is 245 g/mol. The summed E-state index contributed by atoms with van der Waals surface area (Å²) < 4.78 is 24.9. The number of hydrogen-bond acceptors (Lipinski definition) is 4. The molecule has 1 rings (SSSR count). The Hall–Kier alpha value is -1.11. The number of aliphatic hydroxyl groups is 1. The maximum atomic E-state index is 12.4. The predicted molar refractivity (Wildman–Crippen MR) is 60.7 cm³/mol. The smallest absolute Gasteiger partial charge is 0.251 e. The van der Waals surface area contributed by atoms with Crippen LogP contribution in [0, 0.1) is 0 Å². The van der Waals surface area contributed by atoms with E-state index in [-0.39, 0.29) is 19.7 Å². The lowest BCUT2D eigenvalue weighted by Gasteiger charge is -2.29. The number of nitrogens with two attached hydrogens (primary N) is 1. The van der Waals surface area contributed by atoms with Gasteiger partial charge in [0, 0.05) is 19.3 Å². The number of pyridine rings is 1. The Kier molecular flexibility index (Phi) is 5.96. The van der Waals surface area contributed by atoms with Gasteiger partial charge in [-0.1, -0.05) is 6.07 Å². The first-order valence-electron chi connectivity index (χ1n) is 5.43. The number of aromatic nitrogens is 1. The first-order valence-corrected chi connectivity index (χ1v) is 5.43. The molecule has 1 unspecified atom stereocenters. The zero-order valence-electron chi connectivity index (χ0n) is 9.47. The maximum Gasteiger partial charge on any atom is 0.251 e. The van der Waals surface area contributed by atoms with E-state index in [9.17, 15) is 8.78 Å². The molecule has 0 spiro atoms. The lowest BCUT2D eigenvalue weighted by atomic mass is 10.1. The molecule has 1 aromatic rings. The first-order chi connectivity index (χ1) is 8.19. The van der Waals surface area contributed by atoms with Gasteiger partial charge in [-0.15, -0.1) is 0 Å². The van der Waals surface area contributed by atoms with Crippen LogP contribution in [0.4, 0.5) is 8.78 Å². The van der Waals surface area contributed by atoms with Crippen molar-refractivity contribution in [1.82, 2.24) is 9.88 Å². The minimum Gasteiger partial charge on any atom is -0.395 e. The third-order valence-electron chi connectivity index (χ3n) is 2.45. The van der Waals surface area contributed by atoms with Crippen LogP contribution >= 0.6 is 0 Å². The second-order valence-corrected chi connectivity index (χ2v) is 3.62. The second-order valence-electron chi connectivity index (χ2n) is 3.62. The average molecular weight is 245 g/mol. The Morgan fingerprint density at radius 2 is 2.18 bits per heavy atom. The van der Waals surface area contributed by atoms with Crippen LogP contribution in [0.25, 0.3) is 0 Å². The normalized spacial score (nSPS) is 13.3. The van der Waals surface area contributed by atoms with Crippen LogP contribution in [-0.2, 0) is 0 Å². The zero-order chi connectivity index (χ0) is 12.7. The highest BCUT2D eigenvalue weighted by atomic mass is 19.3. The summed E-state index contributed by atoms with van der Waals surface area (Å²) in [5.41, 5.74) is 6.25. The summed E-state index contributed by atoms with van der Waals surface area (Å²) >= 11 is 0. The number of rotatable bonds is 7. The van der Waals surface area contributed by atoms with E-state index in [1.807, 2.05) is 0 Å². The third kappa shape index (κ3) is 4.33. The van der Waals surface area contributed by atoms with Crippen molar-refractivity contribution in [3.8, 4) is 0 Å². The molecular formula is C11H17F2N3O. The summed E-state index contributed by atoms with van der Waals surface area (Å²) in [6, 6.07) is 4.88. The summed E-state index contributed by atoms with van der Waals surface area (Å²) in [7, 11) is 0. The fourth-order valence-corrected chi connectivity index (χ4v) is 1.71. The summed E-state index contributed by atoms with van der Waals surface area (Å²) in [5.74, 6) is 0. The minimum atomic E-state index is -2.46. The van der Waals surface area contributed by atoms with Crippen molar-refractivity contribution in [2.75, 3.05) is 26.2 Å². The molecule has 96 valence electrons. The van der Waals surface area contributed by atoms with Gasteiger partial charge in [-0.05, 0) is 12.1 Å². The Labute approximate surface area is 99.1 Å². The summed E-state index contributed by atoms with van der Waals surface area (Å²) in [5, 5.41) is 8.89. The van der Waals surface area contributed by atoms with Gasteiger partial charge in [0.05, 0.1) is 24.9 Å². The number of nitrogens with zero attached hydrogens (tertiary/aromatic N) is 2. The zero-order valence-corrected chi connectivity index (χ0v) is 9.47. The van der Waals surface area contributed by atoms with E-state index in [0.717, 1.165) is 0 Å². The predicted octanol–water partition coefficient (Wildman–Crippen LogP) is 0.641. The molecule has 0 aromatic carbocycles. The summed E-state index contributed by atoms with van der Waals surface area (Å²) in [6.45, 7) is -0.262. The van der Waals surface area contributed by atoms with Gasteiger partial charge in [0.15, 0.2) is 0 Å². The molecule has 1 aromatic heterocycles. The molecule has 6 heteroatoms. The molecule has 1 atom stereocenters. The molecule has 0 bridgehead atoms. The van der Waals surface area contributed by atoms with E-state index < -0.39 is 19.0 Å². The lowest BCUT2D eigenvalue weighted by molar-refractivity contribution is 0.0552. The van der Waals surface area contributed by atoms with Gasteiger partial charge in [-0.25, -0.2) is 8.78 Å². The number of hydrogen-bond donors (Lipinski definition) is 2. The van der Waals surface area contributed by atoms with Crippen LogP contribution in [0.15, 0.2) is 24.4 Å². The van der Waals surface area contributed by atoms with Gasteiger partial charge in [0.2, 0.25) is 0 Å². The number of aliphatic hydroxyl groups excluding tert-OH is 1. The summed E-state index contributed by atoms with van der Waals surface area (Å²) in [4.78, 5) is 5.56. The molecule has 0 saturated carbocycles. The maximum absolute atomic E-state index is 12.4. The van der Waals surface area contributed by atoms with Gasteiger partial charge in [-0.3, -0.25) is 9.88 Å². The van der Waals surface area contributed by atoms with E-state index in [4.69, 9.17) is 10.8 Å². The number of halogens is 2. The van der Waals surface area contributed by atoms with Crippen LogP contribution < -0.4 is 5.73 Å². The van der Waals surface area contributed by atoms with Gasteiger partial charge in [0.1, 0.15) is 0 Å². The highest BCUT2D eigenvalue weighted by molar-refractivity contribution is 5.09. The standard InChI is InChI=1S/C11H17F2N3O/c12-11(13)8-16(5-6-17)10(7-14)9-3-1-2-4-15-9/h1-4,10-11,17H,5-8,14H2. The highest BCUT2D eigenvalue weighted by Gasteiger charge is 2.22. The number of alkyl halides is 2. The molecule has 0 saturated heterocycles. The molecule has 0 aliphatic carbocycles. The van der Waals surface area contributed by atoms with Gasteiger partial charge >= 0.3 is 0 Å². The largest absolute Gasteiger partial charge is 0.395 e. The van der Waals surface area contributed by atoms with Crippen molar-refractivity contribution < 1.29 is 13.9 Å². The van der Waals surface area contributed by atoms with E-state index in [2.05, 4.69) is 4.98 Å². The van der Waals surface area contributed by atoms with Crippen LogP contribution in [0.1, 0.15) is 11.7 Å². The molecule has 3 N–H and O–H groups in total. The first kappa shape index (κ1) is 14.0. The van der Waals surface area contributed by atoms with Crippen LogP contribution in [0.2, 0.25) is 0 Å². The Morgan fingerprint density at radius 3 is 2.65 bits per heavy atom. The van der Waals surface area contributed by atoms with Crippen molar-refractivity contribution >= 4 is 0 Å². The third-order valence-corrected chi connectivity index (χ3v) is 2.45. The summed E-state index contributed by atoms with van der Waals surface area (Å²) in [6.07, 6.45) is -0.864. The Morgan fingerprint density at radius 1 is 1.41 bits per heavy atom. The molecule has 17 heavy (non-hydrogen) atoms. The lowest BCUT2D eigenvalue weighted by Crippen LogP contribution is -2.39. The van der Waals surface area contributed by atoms with Gasteiger partial charge in [-0.2, -0.15) is 0 Å². The SMILES string of the molecule is NCC(c1ccccn1)N(CCO)CC(F)F. The fraction of sp³-hybridized carbons (Fsp3) is 0.545. The van der Waals surface area contributed by atoms with E-state index >= 15 is 0 Å². The van der Waals surface area contributed by atoms with E-state index in [0.29, 0.717) is 5.69 Å². The van der Waals surface area contributed by atoms with Crippen LogP contribution in [-0.4, -0.2) is 47.7 Å². The van der Waals surface area contributed by atoms with E-state index in [1.54, 1.807) is 24.4 Å². The molecular weight excluding hydrogens is 228 g/mol. The average Bonchev–Trinajstić information content (AvgIpc) is 2.31. The molecule has 4 nitrogen and oxygen atoms in total. The molecule has 1 heterocycles. The quantitative estimate of drug-likeness (QED) is 0.740. The molecule has 0 fully saturated rings. The van der Waals surface area contributed by atoms with E-state index in [1.165, 1.54) is 4.90 Å². The van der Waals surface area contributed by atoms with Crippen molar-refractivity contribution in [1.29, 1.82) is 0 Å². The topological polar surface area (TPSA) is 62.4 Å². The minimum absolute atomic E-state index is 0.156. The highest BCUT2D eigenvalue weighted by Crippen LogP contribution is 2.18. The van der Waals surface area contributed by atoms with Crippen molar-refractivity contribution in [2.24, 2.45) is 5.73 Å². The molecule has 0 radical (unpaired) electrons. The van der Waals surface area contributed by atoms with Crippen molar-refractivity contribution in [2.45, 2.75) is 12.5 Å². The Bertz CT molecular complexity index is 311. The molecule has 0 aliphatic heterocycles. The van der Waals surface area contributed by atoms with Gasteiger partial charge in [0.25, 0.3) is 6.43 Å².